The highest BCUT2D eigenvalue weighted by molar-refractivity contribution is 6.42. The molecule has 2 atom stereocenters. The molecular formula is C24H26Cl2N4O. The molecule has 1 amide bonds. The third-order valence-electron chi connectivity index (χ3n) is 5.52. The summed E-state index contributed by atoms with van der Waals surface area (Å²) < 4.78 is 0. The number of halogens is 2. The molecule has 0 bridgehead atoms. The van der Waals surface area contributed by atoms with Crippen molar-refractivity contribution in [1.29, 1.82) is 0 Å². The van der Waals surface area contributed by atoms with E-state index in [2.05, 4.69) is 42.4 Å². The Balaban J connectivity index is 1.52. The number of benzene rings is 2. The lowest BCUT2D eigenvalue weighted by atomic mass is 10.1. The molecule has 1 aliphatic rings. The predicted octanol–water partition coefficient (Wildman–Crippen LogP) is 5.22. The zero-order chi connectivity index (χ0) is 22.1. The van der Waals surface area contributed by atoms with Crippen molar-refractivity contribution in [3.05, 3.63) is 63.6 Å². The summed E-state index contributed by atoms with van der Waals surface area (Å²) in [5.74, 6) is 0.894. The molecule has 0 spiro atoms. The fourth-order valence-electron chi connectivity index (χ4n) is 4.17. The first-order valence-electron chi connectivity index (χ1n) is 10.4. The zero-order valence-corrected chi connectivity index (χ0v) is 19.4. The molecule has 5 nitrogen and oxygen atoms in total. The largest absolute Gasteiger partial charge is 0.353 e. The van der Waals surface area contributed by atoms with E-state index in [1.54, 1.807) is 12.1 Å². The Morgan fingerprint density at radius 3 is 2.55 bits per heavy atom. The second-order valence-corrected chi connectivity index (χ2v) is 9.19. The average Bonchev–Trinajstić information content (AvgIpc) is 2.70. The Kier molecular flexibility index (Phi) is 6.37. The van der Waals surface area contributed by atoms with E-state index in [0.717, 1.165) is 46.6 Å². The van der Waals surface area contributed by atoms with Gasteiger partial charge in [0.2, 0.25) is 5.91 Å². The lowest BCUT2D eigenvalue weighted by molar-refractivity contribution is -0.115. The molecule has 4 rings (SSSR count). The first-order valence-corrected chi connectivity index (χ1v) is 11.2. The van der Waals surface area contributed by atoms with Crippen LogP contribution >= 0.6 is 23.2 Å². The first-order chi connectivity index (χ1) is 14.8. The summed E-state index contributed by atoms with van der Waals surface area (Å²) in [4.78, 5) is 19.7. The number of amides is 1. The zero-order valence-electron chi connectivity index (χ0n) is 17.9. The molecule has 1 aromatic heterocycles. The van der Waals surface area contributed by atoms with Gasteiger partial charge in [0, 0.05) is 36.2 Å². The number of anilines is 2. The van der Waals surface area contributed by atoms with Crippen molar-refractivity contribution in [2.75, 3.05) is 23.3 Å². The van der Waals surface area contributed by atoms with Gasteiger partial charge in [-0.1, -0.05) is 29.3 Å². The number of aryl methyl sites for hydroxylation is 1. The van der Waals surface area contributed by atoms with Gasteiger partial charge in [0.1, 0.15) is 5.82 Å². The molecule has 0 aliphatic carbocycles. The van der Waals surface area contributed by atoms with Crippen LogP contribution in [0, 0.1) is 6.92 Å². The minimum absolute atomic E-state index is 0.108. The van der Waals surface area contributed by atoms with Gasteiger partial charge < -0.3 is 15.5 Å². The number of fused-ring (bicyclic) bond motifs is 1. The van der Waals surface area contributed by atoms with Gasteiger partial charge in [-0.3, -0.25) is 4.79 Å². The number of carbonyl (C=O) groups is 1. The van der Waals surface area contributed by atoms with Crippen molar-refractivity contribution in [3.63, 3.8) is 0 Å². The molecule has 1 fully saturated rings. The molecule has 2 heterocycles. The Labute approximate surface area is 192 Å². The highest BCUT2D eigenvalue weighted by atomic mass is 35.5. The van der Waals surface area contributed by atoms with Crippen molar-refractivity contribution in [3.8, 4) is 0 Å². The minimum atomic E-state index is -0.108. The van der Waals surface area contributed by atoms with Gasteiger partial charge in [0.05, 0.1) is 22.0 Å². The van der Waals surface area contributed by atoms with Crippen molar-refractivity contribution in [1.82, 2.24) is 10.3 Å². The van der Waals surface area contributed by atoms with E-state index >= 15 is 0 Å². The predicted molar refractivity (Wildman–Crippen MR) is 130 cm³/mol. The van der Waals surface area contributed by atoms with Gasteiger partial charge in [-0.25, -0.2) is 4.98 Å². The molecule has 2 N–H and O–H groups in total. The van der Waals surface area contributed by atoms with E-state index in [1.165, 1.54) is 0 Å². The normalized spacial score (nSPS) is 18.9. The van der Waals surface area contributed by atoms with E-state index in [4.69, 9.17) is 28.2 Å². The van der Waals surface area contributed by atoms with Crippen LogP contribution < -0.4 is 15.5 Å². The molecule has 3 aromatic rings. The Morgan fingerprint density at radius 1 is 1.10 bits per heavy atom. The fraction of sp³-hybridized carbons (Fsp3) is 0.333. The van der Waals surface area contributed by atoms with Gasteiger partial charge in [0.15, 0.2) is 0 Å². The van der Waals surface area contributed by atoms with Crippen molar-refractivity contribution < 1.29 is 4.79 Å². The lowest BCUT2D eigenvalue weighted by Crippen LogP contribution is -2.54. The number of aromatic nitrogens is 1. The number of rotatable bonds is 4. The van der Waals surface area contributed by atoms with Gasteiger partial charge in [-0.05, 0) is 68.3 Å². The maximum absolute atomic E-state index is 12.5. The van der Waals surface area contributed by atoms with Gasteiger partial charge in [-0.15, -0.1) is 0 Å². The number of nitrogens with zero attached hydrogens (tertiary/aromatic N) is 2. The molecule has 1 aliphatic heterocycles. The third kappa shape index (κ3) is 5.12. The Hall–Kier alpha value is -2.34. The summed E-state index contributed by atoms with van der Waals surface area (Å²) >= 11 is 12.0. The van der Waals surface area contributed by atoms with Crippen LogP contribution in [0.15, 0.2) is 42.5 Å². The average molecular weight is 457 g/mol. The molecule has 0 saturated carbocycles. The van der Waals surface area contributed by atoms with E-state index in [-0.39, 0.29) is 12.3 Å². The summed E-state index contributed by atoms with van der Waals surface area (Å²) in [6.07, 6.45) is 0.227. The van der Waals surface area contributed by atoms with Crippen LogP contribution in [0.3, 0.4) is 0 Å². The molecule has 0 unspecified atom stereocenters. The summed E-state index contributed by atoms with van der Waals surface area (Å²) in [6, 6.07) is 14.1. The third-order valence-corrected chi connectivity index (χ3v) is 6.26. The van der Waals surface area contributed by atoms with E-state index in [1.807, 2.05) is 24.3 Å². The first kappa shape index (κ1) is 21.9. The number of carbonyl (C=O) groups excluding carboxylic acids is 1. The maximum atomic E-state index is 12.5. The lowest BCUT2D eigenvalue weighted by Gasteiger charge is -2.37. The van der Waals surface area contributed by atoms with Gasteiger partial charge in [-0.2, -0.15) is 0 Å². The van der Waals surface area contributed by atoms with Crippen LogP contribution in [0.4, 0.5) is 11.5 Å². The molecule has 2 aromatic carbocycles. The number of hydrogen-bond acceptors (Lipinski definition) is 4. The smallest absolute Gasteiger partial charge is 0.228 e. The monoisotopic (exact) mass is 456 g/mol. The molecule has 7 heteroatoms. The fourth-order valence-corrected chi connectivity index (χ4v) is 4.49. The van der Waals surface area contributed by atoms with Crippen LogP contribution in [-0.2, 0) is 11.2 Å². The van der Waals surface area contributed by atoms with Crippen LogP contribution in [0.1, 0.15) is 25.0 Å². The topological polar surface area (TPSA) is 57.3 Å². The minimum Gasteiger partial charge on any atom is -0.353 e. The highest BCUT2D eigenvalue weighted by Gasteiger charge is 2.22. The van der Waals surface area contributed by atoms with Crippen molar-refractivity contribution in [2.24, 2.45) is 0 Å². The summed E-state index contributed by atoms with van der Waals surface area (Å²) in [7, 11) is 0. The van der Waals surface area contributed by atoms with Crippen LogP contribution in [0.2, 0.25) is 10.0 Å². The SMILES string of the molecule is Cc1cc(N2C[C@@H](C)N[C@@H](C)C2)nc2ccc(NC(=O)Cc3ccc(Cl)c(Cl)c3)cc12. The maximum Gasteiger partial charge on any atom is 0.228 e. The number of pyridine rings is 1. The highest BCUT2D eigenvalue weighted by Crippen LogP contribution is 2.27. The van der Waals surface area contributed by atoms with Gasteiger partial charge >= 0.3 is 0 Å². The quantitative estimate of drug-likeness (QED) is 0.564. The molecule has 162 valence electrons. The van der Waals surface area contributed by atoms with E-state index in [9.17, 15) is 4.79 Å². The van der Waals surface area contributed by atoms with E-state index in [0.29, 0.717) is 22.1 Å². The van der Waals surface area contributed by atoms with Crippen LogP contribution in [-0.4, -0.2) is 36.1 Å². The molecule has 1 saturated heterocycles. The Morgan fingerprint density at radius 2 is 1.84 bits per heavy atom. The summed E-state index contributed by atoms with van der Waals surface area (Å²) in [5.41, 5.74) is 3.63. The van der Waals surface area contributed by atoms with Crippen LogP contribution in [0.25, 0.3) is 10.9 Å². The number of hydrogen-bond donors (Lipinski definition) is 2. The van der Waals surface area contributed by atoms with Gasteiger partial charge in [0.25, 0.3) is 0 Å². The standard InChI is InChI=1S/C24H26Cl2N4O/c1-14-8-23(30-12-15(2)27-16(3)13-30)29-22-7-5-18(11-19(14)22)28-24(31)10-17-4-6-20(25)21(26)9-17/h4-9,11,15-16,27H,10,12-13H2,1-3H3,(H,28,31)/t15-,16+. The second-order valence-electron chi connectivity index (χ2n) is 8.38. The van der Waals surface area contributed by atoms with Crippen molar-refractivity contribution >= 4 is 51.5 Å². The summed E-state index contributed by atoms with van der Waals surface area (Å²) in [5, 5.41) is 8.49. The molecule has 0 radical (unpaired) electrons. The Bertz CT molecular complexity index is 1120. The number of nitrogens with one attached hydrogen (secondary N) is 2. The second kappa shape index (κ2) is 9.03. The number of piperazine rings is 1. The van der Waals surface area contributed by atoms with Crippen molar-refractivity contribution in [2.45, 2.75) is 39.3 Å². The van der Waals surface area contributed by atoms with Crippen LogP contribution in [0.5, 0.6) is 0 Å². The molecular weight excluding hydrogens is 431 g/mol. The van der Waals surface area contributed by atoms with E-state index < -0.39 is 0 Å². The summed E-state index contributed by atoms with van der Waals surface area (Å²) in [6.45, 7) is 8.35. The molecule has 31 heavy (non-hydrogen) atoms.